The van der Waals surface area contributed by atoms with Crippen LogP contribution in [0.4, 0.5) is 0 Å². The Balaban J connectivity index is 2.08. The lowest BCUT2D eigenvalue weighted by Gasteiger charge is -2.06. The Hall–Kier alpha value is -0.370. The number of ether oxygens (including phenoxy) is 1. The molecule has 1 aliphatic carbocycles. The summed E-state index contributed by atoms with van der Waals surface area (Å²) in [5.41, 5.74) is 0. The van der Waals surface area contributed by atoms with Crippen molar-refractivity contribution >= 4 is 5.78 Å². The van der Waals surface area contributed by atoms with Gasteiger partial charge in [-0.05, 0) is 25.7 Å². The lowest BCUT2D eigenvalue weighted by molar-refractivity contribution is -0.121. The predicted octanol–water partition coefficient (Wildman–Crippen LogP) is 1.78. The molecule has 1 saturated carbocycles. The molecule has 1 aliphatic rings. The normalized spacial score (nSPS) is 19.8. The highest BCUT2D eigenvalue weighted by atomic mass is 16.5. The highest BCUT2D eigenvalue weighted by molar-refractivity contribution is 5.79. The largest absolute Gasteiger partial charge is 0.381 e. The van der Waals surface area contributed by atoms with Crippen molar-refractivity contribution in [3.8, 4) is 0 Å². The molecule has 0 bridgehead atoms. The topological polar surface area (TPSA) is 26.3 Å². The van der Waals surface area contributed by atoms with Crippen molar-refractivity contribution < 1.29 is 9.53 Å². The Morgan fingerprint density at radius 1 is 1.64 bits per heavy atom. The van der Waals surface area contributed by atoms with Crippen molar-refractivity contribution in [3.63, 3.8) is 0 Å². The molecule has 0 amide bonds. The fourth-order valence-electron chi connectivity index (χ4n) is 1.13. The molecule has 0 aromatic heterocycles. The molecule has 1 fully saturated rings. The first-order chi connectivity index (χ1) is 5.22. The highest BCUT2D eigenvalue weighted by Gasteiger charge is 2.24. The minimum Gasteiger partial charge on any atom is -0.381 e. The third-order valence-electron chi connectivity index (χ3n) is 2.13. The average molecular weight is 156 g/mol. The van der Waals surface area contributed by atoms with Crippen LogP contribution >= 0.6 is 0 Å². The molecule has 11 heavy (non-hydrogen) atoms. The van der Waals surface area contributed by atoms with Crippen molar-refractivity contribution in [2.45, 2.75) is 38.7 Å². The second-order valence-electron chi connectivity index (χ2n) is 3.44. The second kappa shape index (κ2) is 3.86. The van der Waals surface area contributed by atoms with Crippen molar-refractivity contribution in [1.29, 1.82) is 0 Å². The van der Waals surface area contributed by atoms with Gasteiger partial charge in [0.1, 0.15) is 5.78 Å². The van der Waals surface area contributed by atoms with Crippen LogP contribution in [-0.4, -0.2) is 19.0 Å². The first-order valence-corrected chi connectivity index (χ1v) is 4.27. The molecule has 2 heteroatoms. The van der Waals surface area contributed by atoms with Crippen LogP contribution in [0.15, 0.2) is 0 Å². The van der Waals surface area contributed by atoms with Gasteiger partial charge in [-0.25, -0.2) is 0 Å². The van der Waals surface area contributed by atoms with Gasteiger partial charge in [-0.15, -0.1) is 0 Å². The maximum Gasteiger partial charge on any atom is 0.135 e. The third-order valence-corrected chi connectivity index (χ3v) is 2.13. The number of methoxy groups -OCH3 is 1. The lowest BCUT2D eigenvalue weighted by Crippen LogP contribution is -2.12. The minimum atomic E-state index is 0.0984. The van der Waals surface area contributed by atoms with Crippen LogP contribution in [0.25, 0.3) is 0 Å². The maximum absolute atomic E-state index is 11.2. The predicted molar refractivity (Wildman–Crippen MR) is 43.4 cm³/mol. The first-order valence-electron chi connectivity index (χ1n) is 4.27. The Labute approximate surface area is 67.9 Å². The molecule has 0 N–H and O–H groups in total. The summed E-state index contributed by atoms with van der Waals surface area (Å²) in [6.45, 7) is 1.94. The van der Waals surface area contributed by atoms with Crippen LogP contribution in [0, 0.1) is 5.92 Å². The van der Waals surface area contributed by atoms with E-state index in [0.29, 0.717) is 18.1 Å². The van der Waals surface area contributed by atoms with Crippen molar-refractivity contribution in [3.05, 3.63) is 0 Å². The Morgan fingerprint density at radius 2 is 2.27 bits per heavy atom. The molecular weight excluding hydrogens is 140 g/mol. The van der Waals surface area contributed by atoms with Crippen LogP contribution < -0.4 is 0 Å². The van der Waals surface area contributed by atoms with Gasteiger partial charge in [0.15, 0.2) is 0 Å². The van der Waals surface area contributed by atoms with Crippen LogP contribution in [0.5, 0.6) is 0 Å². The summed E-state index contributed by atoms with van der Waals surface area (Å²) in [4.78, 5) is 11.2. The Bertz CT molecular complexity index is 138. The number of hydrogen-bond donors (Lipinski definition) is 0. The molecule has 0 heterocycles. The second-order valence-corrected chi connectivity index (χ2v) is 3.44. The van der Waals surface area contributed by atoms with Gasteiger partial charge in [-0.3, -0.25) is 4.79 Å². The van der Waals surface area contributed by atoms with Gasteiger partial charge in [0.05, 0.1) is 6.10 Å². The standard InChI is InChI=1S/C9H16O2/c1-7(11-2)5-9(10)6-8-3-4-8/h7-8H,3-6H2,1-2H3. The number of ketones is 1. The number of hydrogen-bond acceptors (Lipinski definition) is 2. The molecule has 0 spiro atoms. The summed E-state index contributed by atoms with van der Waals surface area (Å²) in [5.74, 6) is 1.08. The molecule has 0 radical (unpaired) electrons. The number of carbonyl (C=O) groups excluding carboxylic acids is 1. The van der Waals surface area contributed by atoms with Gasteiger partial charge in [0.2, 0.25) is 0 Å². The fraction of sp³-hybridized carbons (Fsp3) is 0.889. The smallest absolute Gasteiger partial charge is 0.135 e. The molecule has 64 valence electrons. The third kappa shape index (κ3) is 3.51. The summed E-state index contributed by atoms with van der Waals surface area (Å²) in [6.07, 6.45) is 3.99. The monoisotopic (exact) mass is 156 g/mol. The van der Waals surface area contributed by atoms with E-state index in [9.17, 15) is 4.79 Å². The summed E-state index contributed by atoms with van der Waals surface area (Å²) >= 11 is 0. The molecule has 1 rings (SSSR count). The van der Waals surface area contributed by atoms with Crippen LogP contribution in [0.3, 0.4) is 0 Å². The molecule has 0 aromatic carbocycles. The molecular formula is C9H16O2. The molecule has 0 aromatic rings. The van der Waals surface area contributed by atoms with E-state index in [4.69, 9.17) is 4.74 Å². The molecule has 0 aliphatic heterocycles. The van der Waals surface area contributed by atoms with Crippen LogP contribution in [-0.2, 0) is 9.53 Å². The summed E-state index contributed by atoms with van der Waals surface area (Å²) in [5, 5.41) is 0. The summed E-state index contributed by atoms with van der Waals surface area (Å²) in [6, 6.07) is 0. The summed E-state index contributed by atoms with van der Waals surface area (Å²) < 4.78 is 5.00. The van der Waals surface area contributed by atoms with Gasteiger partial charge in [0.25, 0.3) is 0 Å². The number of Topliss-reactive ketones (excluding diaryl/α,β-unsaturated/α-hetero) is 1. The van der Waals surface area contributed by atoms with E-state index < -0.39 is 0 Å². The Morgan fingerprint density at radius 3 is 2.73 bits per heavy atom. The van der Waals surface area contributed by atoms with Crippen molar-refractivity contribution in [2.24, 2.45) is 5.92 Å². The van der Waals surface area contributed by atoms with Gasteiger partial charge < -0.3 is 4.74 Å². The fourth-order valence-corrected chi connectivity index (χ4v) is 1.13. The van der Waals surface area contributed by atoms with Crippen molar-refractivity contribution in [2.75, 3.05) is 7.11 Å². The van der Waals surface area contributed by atoms with Crippen LogP contribution in [0.2, 0.25) is 0 Å². The quantitative estimate of drug-likeness (QED) is 0.606. The zero-order chi connectivity index (χ0) is 8.27. The lowest BCUT2D eigenvalue weighted by atomic mass is 10.1. The van der Waals surface area contributed by atoms with E-state index in [2.05, 4.69) is 0 Å². The van der Waals surface area contributed by atoms with Crippen LogP contribution in [0.1, 0.15) is 32.6 Å². The number of carbonyl (C=O) groups is 1. The van der Waals surface area contributed by atoms with Gasteiger partial charge >= 0.3 is 0 Å². The Kier molecular flexibility index (Phi) is 3.06. The zero-order valence-electron chi connectivity index (χ0n) is 7.30. The molecule has 1 atom stereocenters. The van der Waals surface area contributed by atoms with E-state index >= 15 is 0 Å². The SMILES string of the molecule is COC(C)CC(=O)CC1CC1. The van der Waals surface area contributed by atoms with E-state index in [1.165, 1.54) is 12.8 Å². The zero-order valence-corrected chi connectivity index (χ0v) is 7.30. The van der Waals surface area contributed by atoms with E-state index in [1.807, 2.05) is 6.92 Å². The minimum absolute atomic E-state index is 0.0984. The first kappa shape index (κ1) is 8.72. The molecule has 1 unspecified atom stereocenters. The van der Waals surface area contributed by atoms with Gasteiger partial charge in [0, 0.05) is 20.0 Å². The average Bonchev–Trinajstić information content (AvgIpc) is 2.71. The van der Waals surface area contributed by atoms with Crippen molar-refractivity contribution in [1.82, 2.24) is 0 Å². The van der Waals surface area contributed by atoms with E-state index in [-0.39, 0.29) is 6.10 Å². The maximum atomic E-state index is 11.2. The van der Waals surface area contributed by atoms with E-state index in [0.717, 1.165) is 6.42 Å². The number of rotatable bonds is 5. The molecule has 2 nitrogen and oxygen atoms in total. The van der Waals surface area contributed by atoms with Gasteiger partial charge in [-0.2, -0.15) is 0 Å². The van der Waals surface area contributed by atoms with Gasteiger partial charge in [-0.1, -0.05) is 0 Å². The van der Waals surface area contributed by atoms with E-state index in [1.54, 1.807) is 7.11 Å². The highest BCUT2D eigenvalue weighted by Crippen LogP contribution is 2.32. The summed E-state index contributed by atoms with van der Waals surface area (Å²) in [7, 11) is 1.65. The molecule has 0 saturated heterocycles.